The molecule has 98 valence electrons. The van der Waals surface area contributed by atoms with Crippen molar-refractivity contribution < 1.29 is 14.6 Å². The van der Waals surface area contributed by atoms with Gasteiger partial charge in [0.1, 0.15) is 5.75 Å². The topological polar surface area (TPSA) is 46.5 Å². The zero-order valence-electron chi connectivity index (χ0n) is 10.8. The average Bonchev–Trinajstić information content (AvgIpc) is 3.12. The molecule has 1 aromatic carbocycles. The molecular formula is C15H20O3. The van der Waals surface area contributed by atoms with E-state index in [0.29, 0.717) is 13.0 Å². The molecule has 0 heterocycles. The summed E-state index contributed by atoms with van der Waals surface area (Å²) in [5.41, 5.74) is 1.04. The number of phenols is 1. The monoisotopic (exact) mass is 248 g/mol. The second kappa shape index (κ2) is 5.89. The summed E-state index contributed by atoms with van der Waals surface area (Å²) in [6.45, 7) is 2.25. The Labute approximate surface area is 108 Å². The summed E-state index contributed by atoms with van der Waals surface area (Å²) in [5.74, 6) is 1.03. The molecule has 0 saturated heterocycles. The fraction of sp³-hybridized carbons (Fsp3) is 0.533. The van der Waals surface area contributed by atoms with Crippen molar-refractivity contribution in [2.45, 2.75) is 38.5 Å². The summed E-state index contributed by atoms with van der Waals surface area (Å²) < 4.78 is 5.02. The summed E-state index contributed by atoms with van der Waals surface area (Å²) in [6, 6.07) is 7.22. The van der Waals surface area contributed by atoms with Gasteiger partial charge in [0, 0.05) is 0 Å². The van der Waals surface area contributed by atoms with Gasteiger partial charge in [-0.25, -0.2) is 0 Å². The van der Waals surface area contributed by atoms with Gasteiger partial charge >= 0.3 is 5.97 Å². The fourth-order valence-electron chi connectivity index (χ4n) is 2.29. The maximum atomic E-state index is 11.6. The molecule has 3 nitrogen and oxygen atoms in total. The number of carbonyl (C=O) groups excluding carboxylic acids is 1. The summed E-state index contributed by atoms with van der Waals surface area (Å²) >= 11 is 0. The largest absolute Gasteiger partial charge is 0.508 e. The van der Waals surface area contributed by atoms with Crippen molar-refractivity contribution in [3.8, 4) is 5.75 Å². The average molecular weight is 248 g/mol. The summed E-state index contributed by atoms with van der Waals surface area (Å²) in [7, 11) is 0. The van der Waals surface area contributed by atoms with E-state index < -0.39 is 0 Å². The van der Waals surface area contributed by atoms with Gasteiger partial charge in [0.2, 0.25) is 0 Å². The third-order valence-corrected chi connectivity index (χ3v) is 3.37. The van der Waals surface area contributed by atoms with Crippen molar-refractivity contribution in [2.24, 2.45) is 5.92 Å². The Bertz CT molecular complexity index is 410. The molecule has 1 atom stereocenters. The molecular weight excluding hydrogens is 228 g/mol. The van der Waals surface area contributed by atoms with Crippen LogP contribution in [-0.4, -0.2) is 17.7 Å². The van der Waals surface area contributed by atoms with Crippen LogP contribution in [0.3, 0.4) is 0 Å². The maximum Gasteiger partial charge on any atom is 0.306 e. The molecule has 0 bridgehead atoms. The standard InChI is InChI=1S/C15H20O3/c1-2-18-15(17)10-13(8-11-6-7-11)12-4-3-5-14(16)9-12/h3-5,9,11,13,16H,2,6-8,10H2,1H3/t13-/m1/s1. The first-order valence-corrected chi connectivity index (χ1v) is 6.63. The Morgan fingerprint density at radius 3 is 2.89 bits per heavy atom. The van der Waals surface area contributed by atoms with Crippen molar-refractivity contribution in [3.63, 3.8) is 0 Å². The van der Waals surface area contributed by atoms with E-state index in [1.54, 1.807) is 12.1 Å². The van der Waals surface area contributed by atoms with E-state index in [1.807, 2.05) is 19.1 Å². The molecule has 1 aliphatic carbocycles. The Hall–Kier alpha value is -1.51. The first-order chi connectivity index (χ1) is 8.69. The second-order valence-corrected chi connectivity index (χ2v) is 4.98. The highest BCUT2D eigenvalue weighted by Crippen LogP contribution is 2.40. The predicted octanol–water partition coefficient (Wildman–Crippen LogP) is 3.23. The van der Waals surface area contributed by atoms with Gasteiger partial charge in [-0.15, -0.1) is 0 Å². The molecule has 1 saturated carbocycles. The van der Waals surface area contributed by atoms with Gasteiger partial charge in [-0.1, -0.05) is 25.0 Å². The van der Waals surface area contributed by atoms with Crippen molar-refractivity contribution in [3.05, 3.63) is 29.8 Å². The summed E-state index contributed by atoms with van der Waals surface area (Å²) in [5, 5.41) is 9.53. The Morgan fingerprint density at radius 2 is 2.28 bits per heavy atom. The number of rotatable bonds is 6. The Morgan fingerprint density at radius 1 is 1.50 bits per heavy atom. The van der Waals surface area contributed by atoms with Crippen molar-refractivity contribution in [1.29, 1.82) is 0 Å². The van der Waals surface area contributed by atoms with Crippen LogP contribution in [-0.2, 0) is 9.53 Å². The van der Waals surface area contributed by atoms with Crippen LogP contribution in [0.4, 0.5) is 0 Å². The van der Waals surface area contributed by atoms with Crippen molar-refractivity contribution >= 4 is 5.97 Å². The molecule has 1 aromatic rings. The van der Waals surface area contributed by atoms with Crippen LogP contribution in [0.5, 0.6) is 5.75 Å². The van der Waals surface area contributed by atoms with Crippen LogP contribution in [0.15, 0.2) is 24.3 Å². The minimum Gasteiger partial charge on any atom is -0.508 e. The highest BCUT2D eigenvalue weighted by Gasteiger charge is 2.28. The number of hydrogen-bond donors (Lipinski definition) is 1. The molecule has 0 aromatic heterocycles. The van der Waals surface area contributed by atoms with Gasteiger partial charge in [-0.05, 0) is 42.9 Å². The van der Waals surface area contributed by atoms with Crippen molar-refractivity contribution in [2.75, 3.05) is 6.61 Å². The first-order valence-electron chi connectivity index (χ1n) is 6.63. The number of ether oxygens (including phenoxy) is 1. The van der Waals surface area contributed by atoms with E-state index in [1.165, 1.54) is 12.8 Å². The van der Waals surface area contributed by atoms with Gasteiger partial charge < -0.3 is 9.84 Å². The van der Waals surface area contributed by atoms with Crippen LogP contribution in [0, 0.1) is 5.92 Å². The number of esters is 1. The molecule has 3 heteroatoms. The van der Waals surface area contributed by atoms with E-state index in [0.717, 1.165) is 17.9 Å². The SMILES string of the molecule is CCOC(=O)C[C@@H](CC1CC1)c1cccc(O)c1. The number of benzene rings is 1. The lowest BCUT2D eigenvalue weighted by Crippen LogP contribution is -2.11. The highest BCUT2D eigenvalue weighted by atomic mass is 16.5. The number of carbonyl (C=O) groups is 1. The molecule has 0 aliphatic heterocycles. The van der Waals surface area contributed by atoms with E-state index in [9.17, 15) is 9.90 Å². The number of phenolic OH excluding ortho intramolecular Hbond substituents is 1. The quantitative estimate of drug-likeness (QED) is 0.786. The molecule has 0 radical (unpaired) electrons. The highest BCUT2D eigenvalue weighted by molar-refractivity contribution is 5.70. The Balaban J connectivity index is 2.05. The maximum absolute atomic E-state index is 11.6. The van der Waals surface area contributed by atoms with Crippen molar-refractivity contribution in [1.82, 2.24) is 0 Å². The molecule has 18 heavy (non-hydrogen) atoms. The third kappa shape index (κ3) is 3.76. The molecule has 2 rings (SSSR count). The second-order valence-electron chi connectivity index (χ2n) is 4.98. The minimum atomic E-state index is -0.147. The molecule has 1 aliphatic rings. The minimum absolute atomic E-state index is 0.147. The normalized spacial score (nSPS) is 16.3. The van der Waals surface area contributed by atoms with E-state index in [2.05, 4.69) is 0 Å². The molecule has 0 amide bonds. The molecule has 1 fully saturated rings. The van der Waals surface area contributed by atoms with Gasteiger partial charge in [0.25, 0.3) is 0 Å². The van der Waals surface area contributed by atoms with Crippen LogP contribution < -0.4 is 0 Å². The van der Waals surface area contributed by atoms with Gasteiger partial charge in [0.15, 0.2) is 0 Å². The third-order valence-electron chi connectivity index (χ3n) is 3.37. The van der Waals surface area contributed by atoms with Gasteiger partial charge in [0.05, 0.1) is 13.0 Å². The first kappa shape index (κ1) is 12.9. The summed E-state index contributed by atoms with van der Waals surface area (Å²) in [4.78, 5) is 11.6. The Kier molecular flexibility index (Phi) is 4.24. The predicted molar refractivity (Wildman–Crippen MR) is 69.4 cm³/mol. The lowest BCUT2D eigenvalue weighted by molar-refractivity contribution is -0.143. The number of hydrogen-bond acceptors (Lipinski definition) is 3. The van der Waals surface area contributed by atoms with E-state index in [4.69, 9.17) is 4.74 Å². The summed E-state index contributed by atoms with van der Waals surface area (Å²) in [6.07, 6.45) is 3.95. The van der Waals surface area contributed by atoms with Crippen LogP contribution in [0.2, 0.25) is 0 Å². The van der Waals surface area contributed by atoms with Crippen LogP contribution in [0.1, 0.15) is 44.1 Å². The molecule has 0 unspecified atom stereocenters. The van der Waals surface area contributed by atoms with E-state index in [-0.39, 0.29) is 17.6 Å². The molecule has 1 N–H and O–H groups in total. The van der Waals surface area contributed by atoms with Crippen LogP contribution >= 0.6 is 0 Å². The lowest BCUT2D eigenvalue weighted by atomic mass is 9.90. The van der Waals surface area contributed by atoms with Gasteiger partial charge in [-0.3, -0.25) is 4.79 Å². The zero-order valence-corrected chi connectivity index (χ0v) is 10.8. The van der Waals surface area contributed by atoms with Gasteiger partial charge in [-0.2, -0.15) is 0 Å². The van der Waals surface area contributed by atoms with Crippen LogP contribution in [0.25, 0.3) is 0 Å². The van der Waals surface area contributed by atoms with E-state index >= 15 is 0 Å². The zero-order chi connectivity index (χ0) is 13.0. The molecule has 0 spiro atoms. The number of aromatic hydroxyl groups is 1. The smallest absolute Gasteiger partial charge is 0.306 e. The fourth-order valence-corrected chi connectivity index (χ4v) is 2.29. The lowest BCUT2D eigenvalue weighted by Gasteiger charge is -2.16.